The van der Waals surface area contributed by atoms with E-state index in [-0.39, 0.29) is 12.1 Å². The van der Waals surface area contributed by atoms with Crippen LogP contribution in [0.5, 0.6) is 5.75 Å². The SMILES string of the molecule is CCCOC(=O)c1ccc(CN2CCC(O)(CCN(C)c3ccc(OC(C)C)cc3)CC2)cc1. The Kier molecular flexibility index (Phi) is 9.36. The summed E-state index contributed by atoms with van der Waals surface area (Å²) < 4.78 is 10.9. The minimum atomic E-state index is -0.627. The fourth-order valence-corrected chi connectivity index (χ4v) is 4.22. The Balaban J connectivity index is 1.43. The number of ether oxygens (including phenoxy) is 2. The summed E-state index contributed by atoms with van der Waals surface area (Å²) in [6, 6.07) is 15.8. The molecule has 1 N–H and O–H groups in total. The van der Waals surface area contributed by atoms with E-state index in [2.05, 4.69) is 29.0 Å². The summed E-state index contributed by atoms with van der Waals surface area (Å²) in [5.41, 5.74) is 2.26. The molecule has 0 amide bonds. The maximum atomic E-state index is 12.0. The first-order valence-corrected chi connectivity index (χ1v) is 12.5. The van der Waals surface area contributed by atoms with Gasteiger partial charge >= 0.3 is 5.97 Å². The third-order valence-electron chi connectivity index (χ3n) is 6.38. The first-order chi connectivity index (χ1) is 16.3. The molecule has 0 aliphatic carbocycles. The topological polar surface area (TPSA) is 62.2 Å². The van der Waals surface area contributed by atoms with Gasteiger partial charge in [0.15, 0.2) is 0 Å². The van der Waals surface area contributed by atoms with Gasteiger partial charge < -0.3 is 19.5 Å². The number of nitrogens with zero attached hydrogens (tertiary/aromatic N) is 2. The van der Waals surface area contributed by atoms with E-state index in [1.807, 2.05) is 57.2 Å². The number of benzene rings is 2. The summed E-state index contributed by atoms with van der Waals surface area (Å²) in [5.74, 6) is 0.616. The third kappa shape index (κ3) is 7.74. The summed E-state index contributed by atoms with van der Waals surface area (Å²) in [5, 5.41) is 11.1. The van der Waals surface area contributed by atoms with Crippen LogP contribution in [-0.2, 0) is 11.3 Å². The Hall–Kier alpha value is -2.57. The van der Waals surface area contributed by atoms with Crippen molar-refractivity contribution in [1.82, 2.24) is 4.90 Å². The molecule has 1 saturated heterocycles. The molecule has 1 aliphatic heterocycles. The lowest BCUT2D eigenvalue weighted by Crippen LogP contribution is -2.45. The van der Waals surface area contributed by atoms with Crippen molar-refractivity contribution in [2.75, 3.05) is 38.2 Å². The standard InChI is InChI=1S/C28H40N2O4/c1-5-20-33-27(31)24-8-6-23(7-9-24)21-30-18-15-28(32,16-19-30)14-17-29(4)25-10-12-26(13-11-25)34-22(2)3/h6-13,22,32H,5,14-21H2,1-4H3. The van der Waals surface area contributed by atoms with Gasteiger partial charge in [-0.3, -0.25) is 4.90 Å². The van der Waals surface area contributed by atoms with Crippen LogP contribution in [0.3, 0.4) is 0 Å². The van der Waals surface area contributed by atoms with Crippen LogP contribution in [0.2, 0.25) is 0 Å². The van der Waals surface area contributed by atoms with Gasteiger partial charge in [0, 0.05) is 38.9 Å². The zero-order chi connectivity index (χ0) is 24.6. The van der Waals surface area contributed by atoms with Crippen LogP contribution in [0.4, 0.5) is 5.69 Å². The van der Waals surface area contributed by atoms with Crippen molar-refractivity contribution in [1.29, 1.82) is 0 Å². The molecule has 1 fully saturated rings. The van der Waals surface area contributed by atoms with Gasteiger partial charge in [-0.15, -0.1) is 0 Å². The molecular formula is C28H40N2O4. The summed E-state index contributed by atoms with van der Waals surface area (Å²) in [4.78, 5) is 16.5. The van der Waals surface area contributed by atoms with E-state index in [1.54, 1.807) is 0 Å². The zero-order valence-corrected chi connectivity index (χ0v) is 21.1. The molecule has 0 spiro atoms. The van der Waals surface area contributed by atoms with Crippen LogP contribution in [0, 0.1) is 0 Å². The lowest BCUT2D eigenvalue weighted by Gasteiger charge is -2.39. The summed E-state index contributed by atoms with van der Waals surface area (Å²) in [6.45, 7) is 9.83. The molecule has 6 nitrogen and oxygen atoms in total. The second-order valence-electron chi connectivity index (χ2n) is 9.67. The fourth-order valence-electron chi connectivity index (χ4n) is 4.22. The number of hydrogen-bond donors (Lipinski definition) is 1. The van der Waals surface area contributed by atoms with Crippen LogP contribution in [0.25, 0.3) is 0 Å². The monoisotopic (exact) mass is 468 g/mol. The second-order valence-corrected chi connectivity index (χ2v) is 9.67. The van der Waals surface area contributed by atoms with E-state index < -0.39 is 5.60 Å². The Morgan fingerprint density at radius 3 is 2.32 bits per heavy atom. The minimum Gasteiger partial charge on any atom is -0.491 e. The molecule has 34 heavy (non-hydrogen) atoms. The molecule has 1 heterocycles. The van der Waals surface area contributed by atoms with Crippen molar-refractivity contribution in [3.8, 4) is 5.75 Å². The predicted octanol–water partition coefficient (Wildman–Crippen LogP) is 4.89. The number of likely N-dealkylation sites (tertiary alicyclic amines) is 1. The molecule has 2 aromatic carbocycles. The number of hydrogen-bond acceptors (Lipinski definition) is 6. The van der Waals surface area contributed by atoms with Gasteiger partial charge in [0.2, 0.25) is 0 Å². The molecule has 0 unspecified atom stereocenters. The normalized spacial score (nSPS) is 15.8. The van der Waals surface area contributed by atoms with Crippen LogP contribution in [0.15, 0.2) is 48.5 Å². The molecule has 0 bridgehead atoms. The number of piperidine rings is 1. The van der Waals surface area contributed by atoms with Crippen LogP contribution in [0.1, 0.15) is 62.4 Å². The molecule has 1 aliphatic rings. The van der Waals surface area contributed by atoms with E-state index in [1.165, 1.54) is 5.56 Å². The maximum absolute atomic E-state index is 12.0. The fraction of sp³-hybridized carbons (Fsp3) is 0.536. The van der Waals surface area contributed by atoms with Gasteiger partial charge in [-0.2, -0.15) is 0 Å². The van der Waals surface area contributed by atoms with Crippen LogP contribution in [-0.4, -0.2) is 61.0 Å². The lowest BCUT2D eigenvalue weighted by molar-refractivity contribution is -0.0275. The Labute approximate surface area is 204 Å². The number of rotatable bonds is 11. The number of aliphatic hydroxyl groups is 1. The molecule has 0 saturated carbocycles. The van der Waals surface area contributed by atoms with Gasteiger partial charge in [0.05, 0.1) is 23.9 Å². The summed E-state index contributed by atoms with van der Waals surface area (Å²) >= 11 is 0. The van der Waals surface area contributed by atoms with Gasteiger partial charge in [-0.05, 0) is 81.5 Å². The summed E-state index contributed by atoms with van der Waals surface area (Å²) in [6.07, 6.45) is 3.27. The van der Waals surface area contributed by atoms with Gasteiger partial charge in [-0.25, -0.2) is 4.79 Å². The maximum Gasteiger partial charge on any atom is 0.338 e. The second kappa shape index (κ2) is 12.2. The van der Waals surface area contributed by atoms with Gasteiger partial charge in [0.1, 0.15) is 5.75 Å². The number of esters is 1. The van der Waals surface area contributed by atoms with Gasteiger partial charge in [0.25, 0.3) is 0 Å². The van der Waals surface area contributed by atoms with Crippen molar-refractivity contribution in [3.63, 3.8) is 0 Å². The number of carbonyl (C=O) groups is 1. The van der Waals surface area contributed by atoms with Crippen molar-refractivity contribution in [2.45, 2.75) is 64.7 Å². The smallest absolute Gasteiger partial charge is 0.338 e. The zero-order valence-electron chi connectivity index (χ0n) is 21.1. The molecular weight excluding hydrogens is 428 g/mol. The molecule has 186 valence electrons. The minimum absolute atomic E-state index is 0.164. The molecule has 0 atom stereocenters. The lowest BCUT2D eigenvalue weighted by atomic mass is 9.88. The quantitative estimate of drug-likeness (QED) is 0.474. The average molecular weight is 469 g/mol. The highest BCUT2D eigenvalue weighted by Gasteiger charge is 2.32. The molecule has 0 radical (unpaired) electrons. The Morgan fingerprint density at radius 2 is 1.74 bits per heavy atom. The molecule has 2 aromatic rings. The molecule has 3 rings (SSSR count). The van der Waals surface area contributed by atoms with Crippen molar-refractivity contribution < 1.29 is 19.4 Å². The number of carbonyl (C=O) groups excluding carboxylic acids is 1. The highest BCUT2D eigenvalue weighted by atomic mass is 16.5. The Bertz CT molecular complexity index is 888. The third-order valence-corrected chi connectivity index (χ3v) is 6.38. The van der Waals surface area contributed by atoms with E-state index >= 15 is 0 Å². The van der Waals surface area contributed by atoms with E-state index in [0.717, 1.165) is 63.3 Å². The van der Waals surface area contributed by atoms with Crippen molar-refractivity contribution in [3.05, 3.63) is 59.7 Å². The van der Waals surface area contributed by atoms with E-state index in [9.17, 15) is 9.90 Å². The predicted molar refractivity (Wildman–Crippen MR) is 137 cm³/mol. The summed E-state index contributed by atoms with van der Waals surface area (Å²) in [7, 11) is 2.07. The molecule has 0 aromatic heterocycles. The van der Waals surface area contributed by atoms with Crippen LogP contribution >= 0.6 is 0 Å². The van der Waals surface area contributed by atoms with Crippen LogP contribution < -0.4 is 9.64 Å². The highest BCUT2D eigenvalue weighted by Crippen LogP contribution is 2.28. The van der Waals surface area contributed by atoms with Crippen molar-refractivity contribution >= 4 is 11.7 Å². The van der Waals surface area contributed by atoms with E-state index in [0.29, 0.717) is 12.2 Å². The average Bonchev–Trinajstić information content (AvgIpc) is 2.83. The first-order valence-electron chi connectivity index (χ1n) is 12.5. The first kappa shape index (κ1) is 26.0. The molecule has 6 heteroatoms. The van der Waals surface area contributed by atoms with Crippen molar-refractivity contribution in [2.24, 2.45) is 0 Å². The Morgan fingerprint density at radius 1 is 1.09 bits per heavy atom. The number of anilines is 1. The van der Waals surface area contributed by atoms with Gasteiger partial charge in [-0.1, -0.05) is 19.1 Å². The highest BCUT2D eigenvalue weighted by molar-refractivity contribution is 5.89. The van der Waals surface area contributed by atoms with E-state index in [4.69, 9.17) is 9.47 Å². The largest absolute Gasteiger partial charge is 0.491 e.